The highest BCUT2D eigenvalue weighted by Crippen LogP contribution is 2.24. The van der Waals surface area contributed by atoms with Crippen molar-refractivity contribution in [3.05, 3.63) is 36.0 Å². The maximum Gasteiger partial charge on any atom is 0.218 e. The number of aromatic nitrogens is 5. The van der Waals surface area contributed by atoms with Gasteiger partial charge in [0.05, 0.1) is 16.3 Å². The first-order chi connectivity index (χ1) is 13.6. The van der Waals surface area contributed by atoms with E-state index in [1.165, 1.54) is 0 Å². The van der Waals surface area contributed by atoms with Gasteiger partial charge in [0.2, 0.25) is 5.16 Å². The van der Waals surface area contributed by atoms with E-state index in [4.69, 9.17) is 10.5 Å². The summed E-state index contributed by atoms with van der Waals surface area (Å²) in [6, 6.07) is 1.72. The Bertz CT molecular complexity index is 944. The van der Waals surface area contributed by atoms with Crippen molar-refractivity contribution in [3.8, 4) is 0 Å². The van der Waals surface area contributed by atoms with Gasteiger partial charge in [0.15, 0.2) is 5.82 Å². The predicted molar refractivity (Wildman–Crippen MR) is 109 cm³/mol. The van der Waals surface area contributed by atoms with E-state index >= 15 is 0 Å². The van der Waals surface area contributed by atoms with Crippen molar-refractivity contribution in [1.82, 2.24) is 24.5 Å². The summed E-state index contributed by atoms with van der Waals surface area (Å²) in [4.78, 5) is 17.0. The number of ether oxygens (including phenoxy) is 1. The van der Waals surface area contributed by atoms with Crippen LogP contribution in [0, 0.1) is 6.92 Å². The molecule has 3 rings (SSSR count). The summed E-state index contributed by atoms with van der Waals surface area (Å²) in [5, 5.41) is 0.403. The van der Waals surface area contributed by atoms with E-state index < -0.39 is 10.8 Å². The molecular weight excluding hydrogens is 376 g/mol. The lowest BCUT2D eigenvalue weighted by Crippen LogP contribution is -2.08. The molecule has 1 atom stereocenters. The molecule has 0 bridgehead atoms. The molecule has 0 saturated heterocycles. The zero-order valence-electron chi connectivity index (χ0n) is 16.3. The third kappa shape index (κ3) is 4.71. The van der Waals surface area contributed by atoms with Crippen LogP contribution in [0.1, 0.15) is 37.6 Å². The normalized spacial score (nSPS) is 12.5. The fourth-order valence-corrected chi connectivity index (χ4v) is 4.09. The second-order valence-corrected chi connectivity index (χ2v) is 7.95. The van der Waals surface area contributed by atoms with Crippen LogP contribution in [0.15, 0.2) is 29.8 Å². The minimum Gasteiger partial charge on any atom is -0.382 e. The quantitative estimate of drug-likeness (QED) is 0.410. The van der Waals surface area contributed by atoms with Crippen LogP contribution in [-0.2, 0) is 28.7 Å². The Morgan fingerprint density at radius 2 is 1.96 bits per heavy atom. The van der Waals surface area contributed by atoms with Gasteiger partial charge in [-0.3, -0.25) is 4.21 Å². The molecule has 28 heavy (non-hydrogen) atoms. The maximum atomic E-state index is 12.2. The lowest BCUT2D eigenvalue weighted by Gasteiger charge is -2.10. The molecule has 150 valence electrons. The van der Waals surface area contributed by atoms with E-state index in [0.29, 0.717) is 29.9 Å². The van der Waals surface area contributed by atoms with Crippen molar-refractivity contribution in [2.75, 3.05) is 18.1 Å². The number of unbranched alkanes of at least 4 members (excludes halogenated alkanes) is 2. The topological polar surface area (TPSA) is 109 Å². The fraction of sp³-hybridized carbons (Fsp3) is 0.474. The largest absolute Gasteiger partial charge is 0.382 e. The molecule has 0 amide bonds. The van der Waals surface area contributed by atoms with Gasteiger partial charge < -0.3 is 15.0 Å². The molecule has 9 heteroatoms. The second kappa shape index (κ2) is 9.70. The molecule has 0 aliphatic carbocycles. The van der Waals surface area contributed by atoms with Crippen LogP contribution >= 0.6 is 0 Å². The average molecular weight is 403 g/mol. The summed E-state index contributed by atoms with van der Waals surface area (Å²) in [6.07, 6.45) is 7.76. The van der Waals surface area contributed by atoms with Crippen molar-refractivity contribution in [3.63, 3.8) is 0 Å². The molecule has 3 aromatic rings. The summed E-state index contributed by atoms with van der Waals surface area (Å²) in [6.45, 7) is 5.85. The number of anilines is 1. The predicted octanol–water partition coefficient (Wildman–Crippen LogP) is 2.63. The summed E-state index contributed by atoms with van der Waals surface area (Å²) in [7, 11) is -1.15. The van der Waals surface area contributed by atoms with Gasteiger partial charge in [-0.2, -0.15) is 0 Å². The van der Waals surface area contributed by atoms with E-state index in [2.05, 4.69) is 24.5 Å². The van der Waals surface area contributed by atoms with E-state index in [9.17, 15) is 4.21 Å². The highest BCUT2D eigenvalue weighted by atomic mass is 32.2. The molecular formula is C19H26N6O2S. The maximum absolute atomic E-state index is 12.2. The molecule has 0 radical (unpaired) electrons. The fourth-order valence-electron chi connectivity index (χ4n) is 3.08. The summed E-state index contributed by atoms with van der Waals surface area (Å²) in [5.41, 5.74) is 8.82. The zero-order chi connectivity index (χ0) is 19.9. The molecule has 0 saturated carbocycles. The van der Waals surface area contributed by atoms with Gasteiger partial charge in [-0.1, -0.05) is 6.42 Å². The molecule has 0 spiro atoms. The van der Waals surface area contributed by atoms with Crippen molar-refractivity contribution >= 4 is 27.7 Å². The van der Waals surface area contributed by atoms with E-state index in [0.717, 1.165) is 48.2 Å². The molecule has 3 heterocycles. The molecule has 3 aromatic heterocycles. The minimum absolute atomic E-state index is 0.403. The monoisotopic (exact) mass is 402 g/mol. The smallest absolute Gasteiger partial charge is 0.218 e. The van der Waals surface area contributed by atoms with Gasteiger partial charge in [-0.05, 0) is 38.3 Å². The summed E-state index contributed by atoms with van der Waals surface area (Å²) >= 11 is 0. The highest BCUT2D eigenvalue weighted by Gasteiger charge is 2.15. The number of nitrogens with two attached hydrogens (primary N) is 1. The van der Waals surface area contributed by atoms with Crippen LogP contribution in [0.3, 0.4) is 0 Å². The average Bonchev–Trinajstić information content (AvgIpc) is 3.09. The number of nitrogens with zero attached hydrogens (tertiary/aromatic N) is 5. The van der Waals surface area contributed by atoms with E-state index in [1.54, 1.807) is 24.7 Å². The zero-order valence-corrected chi connectivity index (χ0v) is 17.1. The van der Waals surface area contributed by atoms with Crippen molar-refractivity contribution < 1.29 is 8.95 Å². The lowest BCUT2D eigenvalue weighted by molar-refractivity contribution is 0.126. The standard InChI is InChI=1S/C19H26N6O2S/c1-3-27-13-15-24-16-17(14(2)12-23-18(16)20)25(15)10-5-4-6-11-28(26)19-21-8-7-9-22-19/h7-9,12H,3-6,10-11,13H2,1-2H3,(H2,20,23). The van der Waals surface area contributed by atoms with Gasteiger partial charge in [0.25, 0.3) is 0 Å². The van der Waals surface area contributed by atoms with Gasteiger partial charge in [0, 0.05) is 37.5 Å². The number of nitrogen functional groups attached to an aromatic ring is 1. The second-order valence-electron chi connectivity index (χ2n) is 6.48. The van der Waals surface area contributed by atoms with Crippen LogP contribution in [0.2, 0.25) is 0 Å². The lowest BCUT2D eigenvalue weighted by atomic mass is 10.2. The van der Waals surface area contributed by atoms with Crippen molar-refractivity contribution in [2.24, 2.45) is 0 Å². The van der Waals surface area contributed by atoms with Crippen LogP contribution < -0.4 is 5.73 Å². The molecule has 2 N–H and O–H groups in total. The first kappa shape index (κ1) is 20.3. The van der Waals surface area contributed by atoms with Crippen molar-refractivity contribution in [2.45, 2.75) is 51.4 Å². The van der Waals surface area contributed by atoms with Crippen molar-refractivity contribution in [1.29, 1.82) is 0 Å². The van der Waals surface area contributed by atoms with Gasteiger partial charge in [0.1, 0.15) is 17.9 Å². The third-order valence-electron chi connectivity index (χ3n) is 4.45. The molecule has 0 aliphatic heterocycles. The Hall–Kier alpha value is -2.39. The number of fused-ring (bicyclic) bond motifs is 1. The van der Waals surface area contributed by atoms with Crippen LogP contribution in [0.5, 0.6) is 0 Å². The number of pyridine rings is 1. The Labute approximate surface area is 167 Å². The number of imidazole rings is 1. The van der Waals surface area contributed by atoms with E-state index in [1.807, 2.05) is 13.8 Å². The number of rotatable bonds is 10. The highest BCUT2D eigenvalue weighted by molar-refractivity contribution is 7.84. The Balaban J connectivity index is 1.63. The van der Waals surface area contributed by atoms with Crippen LogP contribution in [0.25, 0.3) is 11.0 Å². The Morgan fingerprint density at radius 1 is 1.18 bits per heavy atom. The van der Waals surface area contributed by atoms with Crippen LogP contribution in [0.4, 0.5) is 5.82 Å². The molecule has 0 fully saturated rings. The third-order valence-corrected chi connectivity index (χ3v) is 5.73. The number of hydrogen-bond donors (Lipinski definition) is 1. The van der Waals surface area contributed by atoms with Crippen LogP contribution in [-0.4, -0.2) is 41.1 Å². The summed E-state index contributed by atoms with van der Waals surface area (Å²) < 4.78 is 20.0. The minimum atomic E-state index is -1.15. The number of aryl methyl sites for hydroxylation is 2. The first-order valence-electron chi connectivity index (χ1n) is 9.45. The number of hydrogen-bond acceptors (Lipinski definition) is 7. The molecule has 8 nitrogen and oxygen atoms in total. The molecule has 1 unspecified atom stereocenters. The van der Waals surface area contributed by atoms with Gasteiger partial charge >= 0.3 is 0 Å². The molecule has 0 aromatic carbocycles. The Morgan fingerprint density at radius 3 is 2.71 bits per heavy atom. The van der Waals surface area contributed by atoms with Gasteiger partial charge in [-0.15, -0.1) is 0 Å². The van der Waals surface area contributed by atoms with Gasteiger partial charge in [-0.25, -0.2) is 19.9 Å². The first-order valence-corrected chi connectivity index (χ1v) is 10.8. The molecule has 0 aliphatic rings. The summed E-state index contributed by atoms with van der Waals surface area (Å²) in [5.74, 6) is 1.87. The Kier molecular flexibility index (Phi) is 7.05. The SMILES string of the molecule is CCOCc1nc2c(N)ncc(C)c2n1CCCCCS(=O)c1ncccn1. The van der Waals surface area contributed by atoms with E-state index in [-0.39, 0.29) is 0 Å².